The normalized spacial score (nSPS) is 11.1. The van der Waals surface area contributed by atoms with Gasteiger partial charge in [-0.3, -0.25) is 0 Å². The molecule has 0 heterocycles. The summed E-state index contributed by atoms with van der Waals surface area (Å²) in [5.41, 5.74) is 17.7. The molecule has 0 atom stereocenters. The predicted octanol–water partition coefficient (Wildman–Crippen LogP) is 16.3. The van der Waals surface area contributed by atoms with E-state index in [4.69, 9.17) is 0 Å². The van der Waals surface area contributed by atoms with Gasteiger partial charge in [0.05, 0.1) is 5.69 Å². The number of hydrogen-bond acceptors (Lipinski definition) is 1. The summed E-state index contributed by atoms with van der Waals surface area (Å²) in [6, 6.07) is 89.8. The largest absolute Gasteiger partial charge is 0.310 e. The van der Waals surface area contributed by atoms with Crippen molar-refractivity contribution in [3.05, 3.63) is 249 Å². The monoisotopic (exact) mass is 751 g/mol. The highest BCUT2D eigenvalue weighted by molar-refractivity contribution is 5.91. The number of rotatable bonds is 9. The van der Waals surface area contributed by atoms with Crippen molar-refractivity contribution in [1.29, 1.82) is 0 Å². The highest BCUT2D eigenvalue weighted by atomic mass is 15.1. The maximum Gasteiger partial charge on any atom is 0.0540 e. The van der Waals surface area contributed by atoms with Gasteiger partial charge in [0.1, 0.15) is 0 Å². The zero-order chi connectivity index (χ0) is 39.4. The summed E-state index contributed by atoms with van der Waals surface area (Å²) in [5.74, 6) is 0. The van der Waals surface area contributed by atoms with Gasteiger partial charge in [-0.25, -0.2) is 0 Å². The van der Waals surface area contributed by atoms with Crippen LogP contribution in [0.5, 0.6) is 0 Å². The fourth-order valence-corrected chi connectivity index (χ4v) is 8.18. The van der Waals surface area contributed by atoms with Crippen molar-refractivity contribution in [2.45, 2.75) is 0 Å². The van der Waals surface area contributed by atoms with E-state index in [0.717, 1.165) is 17.1 Å². The Morgan fingerprint density at radius 3 is 1.15 bits per heavy atom. The first-order valence-electron chi connectivity index (χ1n) is 20.2. The highest BCUT2D eigenvalue weighted by Gasteiger charge is 2.18. The van der Waals surface area contributed by atoms with Gasteiger partial charge in [-0.2, -0.15) is 0 Å². The van der Waals surface area contributed by atoms with Crippen molar-refractivity contribution >= 4 is 27.8 Å². The number of fused-ring (bicyclic) bond motifs is 1. The molecule has 0 N–H and O–H groups in total. The molecule has 1 heteroatoms. The smallest absolute Gasteiger partial charge is 0.0540 e. The summed E-state index contributed by atoms with van der Waals surface area (Å²) in [6.45, 7) is 0. The van der Waals surface area contributed by atoms with Crippen molar-refractivity contribution in [3.8, 4) is 66.8 Å². The van der Waals surface area contributed by atoms with E-state index in [1.54, 1.807) is 0 Å². The van der Waals surface area contributed by atoms with E-state index in [1.807, 2.05) is 0 Å². The van der Waals surface area contributed by atoms with Crippen LogP contribution in [0.4, 0.5) is 17.1 Å². The molecule has 0 aliphatic carbocycles. The SMILES string of the molecule is c1ccc(-c2ccc(N(c3ccc(-c4ccc(-c5cccc(-c6ccc7ccccc7c6)c5)cc4)cc3)c3ccccc3-c3cccc(-c4ccccc4)c3)cc2)cc1. The molecule has 10 aromatic rings. The minimum absolute atomic E-state index is 1.09. The minimum atomic E-state index is 1.09. The summed E-state index contributed by atoms with van der Waals surface area (Å²) in [4.78, 5) is 2.38. The van der Waals surface area contributed by atoms with E-state index in [2.05, 4.69) is 254 Å². The lowest BCUT2D eigenvalue weighted by Crippen LogP contribution is -2.11. The van der Waals surface area contributed by atoms with Gasteiger partial charge >= 0.3 is 0 Å². The first-order chi connectivity index (χ1) is 29.2. The first-order valence-corrected chi connectivity index (χ1v) is 20.2. The van der Waals surface area contributed by atoms with Crippen LogP contribution < -0.4 is 4.90 Å². The maximum atomic E-state index is 2.38. The molecule has 0 saturated carbocycles. The topological polar surface area (TPSA) is 3.24 Å². The molecule has 0 fully saturated rings. The molecule has 0 spiro atoms. The Hall–Kier alpha value is -7.74. The maximum absolute atomic E-state index is 2.38. The fourth-order valence-electron chi connectivity index (χ4n) is 8.18. The second-order valence-corrected chi connectivity index (χ2v) is 15.0. The van der Waals surface area contributed by atoms with E-state index in [9.17, 15) is 0 Å². The van der Waals surface area contributed by atoms with Gasteiger partial charge in [-0.1, -0.05) is 200 Å². The standard InChI is InChI=1S/C58H41N/c1-3-13-42(14-4-1)46-31-35-55(36-32-46)59(58-24-10-9-23-57(58)54-22-12-20-51(41-54)43-15-5-2-6-16-43)56-37-33-47(34-38-56)45-25-27-48(28-26-45)50-19-11-21-52(39-50)53-30-29-44-17-7-8-18-49(44)40-53/h1-41H. The van der Waals surface area contributed by atoms with E-state index < -0.39 is 0 Å². The van der Waals surface area contributed by atoms with E-state index in [-0.39, 0.29) is 0 Å². The van der Waals surface area contributed by atoms with Gasteiger partial charge in [-0.05, 0) is 121 Å². The van der Waals surface area contributed by atoms with E-state index in [0.29, 0.717) is 0 Å². The van der Waals surface area contributed by atoms with Gasteiger partial charge in [0.2, 0.25) is 0 Å². The van der Waals surface area contributed by atoms with Gasteiger partial charge in [-0.15, -0.1) is 0 Å². The Morgan fingerprint density at radius 1 is 0.203 bits per heavy atom. The van der Waals surface area contributed by atoms with Crippen molar-refractivity contribution < 1.29 is 0 Å². The Balaban J connectivity index is 0.981. The zero-order valence-corrected chi connectivity index (χ0v) is 32.6. The second kappa shape index (κ2) is 16.0. The van der Waals surface area contributed by atoms with Crippen LogP contribution in [0.3, 0.4) is 0 Å². The van der Waals surface area contributed by atoms with Crippen molar-refractivity contribution in [2.24, 2.45) is 0 Å². The summed E-state index contributed by atoms with van der Waals surface area (Å²) >= 11 is 0. The molecular formula is C58H41N. The van der Waals surface area contributed by atoms with Crippen LogP contribution in [0.2, 0.25) is 0 Å². The molecule has 0 aromatic heterocycles. The van der Waals surface area contributed by atoms with Crippen molar-refractivity contribution in [1.82, 2.24) is 0 Å². The number of nitrogens with zero attached hydrogens (tertiary/aromatic N) is 1. The van der Waals surface area contributed by atoms with Gasteiger partial charge in [0, 0.05) is 16.9 Å². The second-order valence-electron chi connectivity index (χ2n) is 15.0. The molecule has 0 amide bonds. The minimum Gasteiger partial charge on any atom is -0.310 e. The Morgan fingerprint density at radius 2 is 0.559 bits per heavy atom. The van der Waals surface area contributed by atoms with E-state index >= 15 is 0 Å². The lowest BCUT2D eigenvalue weighted by molar-refractivity contribution is 1.28. The highest BCUT2D eigenvalue weighted by Crippen LogP contribution is 2.42. The van der Waals surface area contributed by atoms with Crippen molar-refractivity contribution in [3.63, 3.8) is 0 Å². The number of benzene rings is 10. The van der Waals surface area contributed by atoms with Crippen LogP contribution in [-0.4, -0.2) is 0 Å². The van der Waals surface area contributed by atoms with Crippen LogP contribution in [0.25, 0.3) is 77.5 Å². The van der Waals surface area contributed by atoms with E-state index in [1.165, 1.54) is 77.5 Å². The third kappa shape index (κ3) is 7.46. The van der Waals surface area contributed by atoms with Crippen LogP contribution in [0.1, 0.15) is 0 Å². The number of anilines is 3. The predicted molar refractivity (Wildman–Crippen MR) is 251 cm³/mol. The molecule has 0 aliphatic heterocycles. The molecule has 59 heavy (non-hydrogen) atoms. The summed E-state index contributed by atoms with van der Waals surface area (Å²) in [7, 11) is 0. The van der Waals surface area contributed by atoms with Crippen LogP contribution >= 0.6 is 0 Å². The van der Waals surface area contributed by atoms with Gasteiger partial charge < -0.3 is 4.90 Å². The summed E-state index contributed by atoms with van der Waals surface area (Å²) in [6.07, 6.45) is 0. The molecule has 0 aliphatic rings. The molecule has 1 nitrogen and oxygen atoms in total. The third-order valence-corrected chi connectivity index (χ3v) is 11.3. The molecule has 10 rings (SSSR count). The van der Waals surface area contributed by atoms with Crippen LogP contribution in [0, 0.1) is 0 Å². The zero-order valence-electron chi connectivity index (χ0n) is 32.6. The molecule has 0 bridgehead atoms. The van der Waals surface area contributed by atoms with Gasteiger partial charge in [0.15, 0.2) is 0 Å². The molecule has 0 radical (unpaired) electrons. The molecule has 278 valence electrons. The molecular weight excluding hydrogens is 711 g/mol. The lowest BCUT2D eigenvalue weighted by atomic mass is 9.96. The molecule has 0 unspecified atom stereocenters. The lowest BCUT2D eigenvalue weighted by Gasteiger charge is -2.28. The average molecular weight is 752 g/mol. The van der Waals surface area contributed by atoms with Crippen molar-refractivity contribution in [2.75, 3.05) is 4.90 Å². The third-order valence-electron chi connectivity index (χ3n) is 11.3. The molecule has 0 saturated heterocycles. The van der Waals surface area contributed by atoms with Crippen LogP contribution in [0.15, 0.2) is 249 Å². The number of para-hydroxylation sites is 1. The summed E-state index contributed by atoms with van der Waals surface area (Å²) < 4.78 is 0. The Labute approximate surface area is 346 Å². The Bertz CT molecular complexity index is 3000. The number of hydrogen-bond donors (Lipinski definition) is 0. The Kier molecular flexibility index (Phi) is 9.68. The van der Waals surface area contributed by atoms with Gasteiger partial charge in [0.25, 0.3) is 0 Å². The molecule has 10 aromatic carbocycles. The fraction of sp³-hybridized carbons (Fsp3) is 0. The quantitative estimate of drug-likeness (QED) is 0.142. The first kappa shape index (κ1) is 35.7. The van der Waals surface area contributed by atoms with Crippen LogP contribution in [-0.2, 0) is 0 Å². The average Bonchev–Trinajstić information content (AvgIpc) is 3.33. The summed E-state index contributed by atoms with van der Waals surface area (Å²) in [5, 5.41) is 2.52.